The van der Waals surface area contributed by atoms with Crippen LogP contribution in [0.3, 0.4) is 0 Å². The first-order chi connectivity index (χ1) is 15.4. The molecule has 0 spiro atoms. The number of likely N-dealkylation sites (tertiary alicyclic amines) is 1. The zero-order chi connectivity index (χ0) is 22.9. The topological polar surface area (TPSA) is 45.8 Å². The Kier molecular flexibility index (Phi) is 7.06. The second-order valence-corrected chi connectivity index (χ2v) is 9.84. The molecule has 172 valence electrons. The fourth-order valence-corrected chi connectivity index (χ4v) is 5.96. The summed E-state index contributed by atoms with van der Waals surface area (Å²) in [7, 11) is 5.59. The highest BCUT2D eigenvalue weighted by atomic mass is 35.5. The number of thiocarbonyl (C=S) groups is 1. The van der Waals surface area contributed by atoms with E-state index in [1.165, 1.54) is 5.56 Å². The Morgan fingerprint density at radius 2 is 1.91 bits per heavy atom. The molecule has 1 saturated carbocycles. The van der Waals surface area contributed by atoms with Gasteiger partial charge in [0.2, 0.25) is 0 Å². The lowest BCUT2D eigenvalue weighted by atomic mass is 9.65. The minimum atomic E-state index is 0.109. The number of nitrogens with zero attached hydrogens (tertiary/aromatic N) is 1. The Morgan fingerprint density at radius 1 is 1.12 bits per heavy atom. The number of methoxy groups -OCH3 is 2. The van der Waals surface area contributed by atoms with Crippen molar-refractivity contribution in [2.75, 3.05) is 33.1 Å². The Labute approximate surface area is 205 Å². The number of anilines is 1. The number of hydrogen-bond donors (Lipinski definition) is 2. The molecule has 2 aliphatic rings. The van der Waals surface area contributed by atoms with Crippen molar-refractivity contribution in [1.29, 1.82) is 0 Å². The van der Waals surface area contributed by atoms with Crippen LogP contribution in [0.1, 0.15) is 31.2 Å². The van der Waals surface area contributed by atoms with E-state index in [0.29, 0.717) is 26.9 Å². The summed E-state index contributed by atoms with van der Waals surface area (Å²) in [6.45, 7) is 1.08. The first-order valence-corrected chi connectivity index (χ1v) is 12.0. The SMILES string of the molecule is COc1ccc([C@@]23CC[C@@H](NC(=S)Nc4cccc(Cl)c4Cl)C[C@@H]2N(C)CC3)cc1OC. The highest BCUT2D eigenvalue weighted by Gasteiger charge is 2.50. The highest BCUT2D eigenvalue weighted by Crippen LogP contribution is 2.49. The average Bonchev–Trinajstić information content (AvgIpc) is 3.13. The summed E-state index contributed by atoms with van der Waals surface area (Å²) >= 11 is 18.0. The molecule has 1 heterocycles. The average molecular weight is 494 g/mol. The van der Waals surface area contributed by atoms with Crippen LogP contribution in [-0.2, 0) is 5.41 Å². The number of halogens is 2. The van der Waals surface area contributed by atoms with Crippen LogP contribution in [-0.4, -0.2) is 49.9 Å². The van der Waals surface area contributed by atoms with Gasteiger partial charge in [-0.05, 0) is 81.3 Å². The molecule has 0 unspecified atom stereocenters. The summed E-state index contributed by atoms with van der Waals surface area (Å²) in [6.07, 6.45) is 4.26. The number of nitrogens with one attached hydrogen (secondary N) is 2. The normalized spacial score (nSPS) is 25.2. The van der Waals surface area contributed by atoms with Gasteiger partial charge in [0, 0.05) is 17.5 Å². The first kappa shape index (κ1) is 23.4. The van der Waals surface area contributed by atoms with Crippen molar-refractivity contribution in [3.05, 3.63) is 52.0 Å². The largest absolute Gasteiger partial charge is 0.493 e. The summed E-state index contributed by atoms with van der Waals surface area (Å²) in [5.41, 5.74) is 2.15. The molecule has 0 bridgehead atoms. The van der Waals surface area contributed by atoms with Gasteiger partial charge >= 0.3 is 0 Å². The quantitative estimate of drug-likeness (QED) is 0.536. The molecule has 0 aromatic heterocycles. The molecule has 0 amide bonds. The van der Waals surface area contributed by atoms with Crippen LogP contribution < -0.4 is 20.1 Å². The monoisotopic (exact) mass is 493 g/mol. The zero-order valence-corrected chi connectivity index (χ0v) is 20.9. The van der Waals surface area contributed by atoms with Crippen molar-refractivity contribution in [2.45, 2.75) is 43.2 Å². The molecule has 2 aromatic carbocycles. The number of likely N-dealkylation sites (N-methyl/N-ethyl adjacent to an activating group) is 1. The van der Waals surface area contributed by atoms with E-state index in [1.807, 2.05) is 18.2 Å². The molecule has 8 heteroatoms. The fourth-order valence-electron chi connectivity index (χ4n) is 5.34. The highest BCUT2D eigenvalue weighted by molar-refractivity contribution is 7.80. The second kappa shape index (κ2) is 9.64. The Bertz CT molecular complexity index is 1010. The number of benzene rings is 2. The van der Waals surface area contributed by atoms with Gasteiger partial charge in [-0.3, -0.25) is 0 Å². The molecule has 3 atom stereocenters. The minimum absolute atomic E-state index is 0.109. The van der Waals surface area contributed by atoms with Gasteiger partial charge in [-0.1, -0.05) is 35.3 Å². The van der Waals surface area contributed by atoms with E-state index in [-0.39, 0.29) is 11.5 Å². The molecule has 0 radical (unpaired) electrons. The number of rotatable bonds is 5. The van der Waals surface area contributed by atoms with Crippen molar-refractivity contribution >= 4 is 46.2 Å². The van der Waals surface area contributed by atoms with Crippen molar-refractivity contribution < 1.29 is 9.47 Å². The summed E-state index contributed by atoms with van der Waals surface area (Å²) in [6, 6.07) is 12.6. The molecule has 1 saturated heterocycles. The molecule has 2 aromatic rings. The van der Waals surface area contributed by atoms with Crippen LogP contribution in [0.5, 0.6) is 11.5 Å². The second-order valence-electron chi connectivity index (χ2n) is 8.64. The lowest BCUT2D eigenvalue weighted by molar-refractivity contribution is 0.161. The number of hydrogen-bond acceptors (Lipinski definition) is 4. The smallest absolute Gasteiger partial charge is 0.171 e. The molecule has 2 fully saturated rings. The van der Waals surface area contributed by atoms with Gasteiger partial charge in [0.15, 0.2) is 16.6 Å². The molecule has 32 heavy (non-hydrogen) atoms. The van der Waals surface area contributed by atoms with Crippen LogP contribution >= 0.6 is 35.4 Å². The van der Waals surface area contributed by atoms with Crippen LogP contribution in [0.25, 0.3) is 0 Å². The first-order valence-electron chi connectivity index (χ1n) is 10.8. The van der Waals surface area contributed by atoms with Crippen molar-refractivity contribution in [1.82, 2.24) is 10.2 Å². The number of ether oxygens (including phenoxy) is 2. The van der Waals surface area contributed by atoms with E-state index in [4.69, 9.17) is 44.9 Å². The lowest BCUT2D eigenvalue weighted by Crippen LogP contribution is -2.52. The van der Waals surface area contributed by atoms with Gasteiger partial charge in [-0.2, -0.15) is 0 Å². The third kappa shape index (κ3) is 4.38. The molecule has 5 nitrogen and oxygen atoms in total. The van der Waals surface area contributed by atoms with E-state index in [0.717, 1.165) is 43.7 Å². The van der Waals surface area contributed by atoms with E-state index >= 15 is 0 Å². The van der Waals surface area contributed by atoms with E-state index in [2.05, 4.69) is 34.7 Å². The van der Waals surface area contributed by atoms with E-state index in [1.54, 1.807) is 20.3 Å². The third-order valence-corrected chi connectivity index (χ3v) is 8.06. The number of fused-ring (bicyclic) bond motifs is 1. The Morgan fingerprint density at radius 3 is 2.66 bits per heavy atom. The van der Waals surface area contributed by atoms with Gasteiger partial charge < -0.3 is 25.0 Å². The third-order valence-electron chi connectivity index (χ3n) is 7.02. The summed E-state index contributed by atoms with van der Waals surface area (Å²) < 4.78 is 11.0. The summed E-state index contributed by atoms with van der Waals surface area (Å²) in [4.78, 5) is 2.48. The summed E-state index contributed by atoms with van der Waals surface area (Å²) in [5, 5.41) is 8.25. The van der Waals surface area contributed by atoms with Gasteiger partial charge in [-0.25, -0.2) is 0 Å². The minimum Gasteiger partial charge on any atom is -0.493 e. The van der Waals surface area contributed by atoms with Crippen LogP contribution in [0.2, 0.25) is 10.0 Å². The molecule has 1 aliphatic carbocycles. The van der Waals surface area contributed by atoms with Gasteiger partial charge in [0.05, 0.1) is 30.0 Å². The van der Waals surface area contributed by atoms with Gasteiger partial charge in [0.25, 0.3) is 0 Å². The van der Waals surface area contributed by atoms with Gasteiger partial charge in [-0.15, -0.1) is 0 Å². The molecule has 2 N–H and O–H groups in total. The predicted octanol–water partition coefficient (Wildman–Crippen LogP) is 5.49. The summed E-state index contributed by atoms with van der Waals surface area (Å²) in [5.74, 6) is 1.55. The lowest BCUT2D eigenvalue weighted by Gasteiger charge is -2.45. The molecular formula is C24H29Cl2N3O2S. The van der Waals surface area contributed by atoms with Gasteiger partial charge in [0.1, 0.15) is 0 Å². The maximum atomic E-state index is 6.30. The van der Waals surface area contributed by atoms with Crippen molar-refractivity contribution in [3.63, 3.8) is 0 Å². The molecule has 4 rings (SSSR count). The van der Waals surface area contributed by atoms with Crippen LogP contribution in [0.15, 0.2) is 36.4 Å². The molecular weight excluding hydrogens is 465 g/mol. The molecule has 1 aliphatic heterocycles. The standard InChI is InChI=1S/C24H29Cl2N3O2S/c1-29-12-11-24(15-7-8-19(30-2)20(13-15)31-3)10-9-16(14-21(24)29)27-23(32)28-18-6-4-5-17(25)22(18)26/h4-8,13,16,21H,9-12,14H2,1-3H3,(H2,27,28,32)/t16-,21+,24+/m1/s1. The van der Waals surface area contributed by atoms with Crippen molar-refractivity contribution in [3.8, 4) is 11.5 Å². The zero-order valence-electron chi connectivity index (χ0n) is 18.6. The van der Waals surface area contributed by atoms with Crippen molar-refractivity contribution in [2.24, 2.45) is 0 Å². The Balaban J connectivity index is 1.49. The van der Waals surface area contributed by atoms with E-state index in [9.17, 15) is 0 Å². The Hall–Kier alpha value is -1.73. The van der Waals surface area contributed by atoms with E-state index < -0.39 is 0 Å². The fraction of sp³-hybridized carbons (Fsp3) is 0.458. The van der Waals surface area contributed by atoms with Crippen LogP contribution in [0.4, 0.5) is 5.69 Å². The van der Waals surface area contributed by atoms with Crippen LogP contribution in [0, 0.1) is 0 Å². The maximum absolute atomic E-state index is 6.30. The predicted molar refractivity (Wildman–Crippen MR) is 136 cm³/mol. The maximum Gasteiger partial charge on any atom is 0.171 e.